The van der Waals surface area contributed by atoms with E-state index >= 15 is 0 Å². The van der Waals surface area contributed by atoms with Gasteiger partial charge in [-0.15, -0.1) is 0 Å². The zero-order chi connectivity index (χ0) is 33.6. The molecule has 244 valence electrons. The Morgan fingerprint density at radius 3 is 2.55 bits per heavy atom. The van der Waals surface area contributed by atoms with Crippen LogP contribution >= 0.6 is 11.6 Å². The number of carbonyl (C=O) groups is 2. The first kappa shape index (κ1) is 32.2. The third-order valence-electron chi connectivity index (χ3n) is 9.23. The molecule has 1 saturated heterocycles. The molecule has 2 aliphatic rings. The lowest BCUT2D eigenvalue weighted by atomic mass is 9.96. The van der Waals surface area contributed by atoms with Gasteiger partial charge in [-0.1, -0.05) is 48.9 Å². The monoisotopic (exact) mass is 656 g/mol. The van der Waals surface area contributed by atoms with Gasteiger partial charge in [0.05, 0.1) is 17.8 Å². The smallest absolute Gasteiger partial charge is 0.330 e. The number of aromatic nitrogens is 3. The van der Waals surface area contributed by atoms with Crippen molar-refractivity contribution in [1.82, 2.24) is 24.8 Å². The normalized spacial score (nSPS) is 18.6. The van der Waals surface area contributed by atoms with Crippen molar-refractivity contribution < 1.29 is 14.3 Å². The van der Waals surface area contributed by atoms with Crippen molar-refractivity contribution in [1.29, 1.82) is 0 Å². The number of aryl methyl sites for hydroxylation is 1. The highest BCUT2D eigenvalue weighted by Gasteiger charge is 2.35. The average molecular weight is 657 g/mol. The second kappa shape index (κ2) is 12.8. The Hall–Kier alpha value is -4.74. The summed E-state index contributed by atoms with van der Waals surface area (Å²) in [6.45, 7) is 4.75. The molecule has 3 N–H and O–H groups in total. The van der Waals surface area contributed by atoms with Crippen LogP contribution in [0.5, 0.6) is 5.88 Å². The largest absolute Gasteiger partial charge is 0.481 e. The van der Waals surface area contributed by atoms with E-state index in [2.05, 4.69) is 28.9 Å². The number of halogens is 1. The molecule has 47 heavy (non-hydrogen) atoms. The highest BCUT2D eigenvalue weighted by Crippen LogP contribution is 2.44. The van der Waals surface area contributed by atoms with Crippen molar-refractivity contribution >= 4 is 29.1 Å². The number of ether oxygens (including phenoxy) is 1. The Kier molecular flexibility index (Phi) is 8.78. The topological polar surface area (TPSA) is 136 Å². The second-order valence-corrected chi connectivity index (χ2v) is 12.7. The minimum absolute atomic E-state index is 0.0439. The van der Waals surface area contributed by atoms with Gasteiger partial charge in [0.25, 0.3) is 11.5 Å². The Bertz CT molecular complexity index is 2040. The number of benzene rings is 2. The summed E-state index contributed by atoms with van der Waals surface area (Å²) < 4.78 is 7.93. The highest BCUT2D eigenvalue weighted by molar-refractivity contribution is 6.36. The summed E-state index contributed by atoms with van der Waals surface area (Å²) in [5.74, 6) is 0.323. The summed E-state index contributed by atoms with van der Waals surface area (Å²) in [5.41, 5.74) is 5.08. The maximum atomic E-state index is 13.2. The number of fused-ring (bicyclic) bond motifs is 1. The molecular weight excluding hydrogens is 620 g/mol. The fourth-order valence-corrected chi connectivity index (χ4v) is 7.01. The van der Waals surface area contributed by atoms with Crippen LogP contribution in [0.15, 0.2) is 58.3 Å². The number of methoxy groups -OCH3 is 1. The summed E-state index contributed by atoms with van der Waals surface area (Å²) in [5, 5.41) is 10.0. The molecule has 2 aromatic heterocycles. The standard InChI is InChI=1S/C35H37ClN6O5/c1-18-14-20-15-27(40-33(47-5)29(20)31(18)37-16-21-12-13-28(43)38-21)24-10-6-9-23(30(24)36)22-8-7-11-26(19(22)2)39-32(44)25-17-41(3)35(46)42(4)34(25)45/h6-11,15,17-18,21,31,37H,12-14,16H2,1-5H3,(H,38,43)(H,39,44)/t18-,21+,31+/m1/s1. The lowest BCUT2D eigenvalue weighted by molar-refractivity contribution is -0.119. The molecule has 12 heteroatoms. The Balaban J connectivity index is 1.31. The van der Waals surface area contributed by atoms with Gasteiger partial charge in [-0.05, 0) is 54.5 Å². The minimum atomic E-state index is -0.675. The molecular formula is C35H37ClN6O5. The maximum Gasteiger partial charge on any atom is 0.330 e. The third-order valence-corrected chi connectivity index (χ3v) is 9.64. The lowest BCUT2D eigenvalue weighted by Crippen LogP contribution is -2.40. The average Bonchev–Trinajstić information content (AvgIpc) is 3.62. The molecule has 2 amide bonds. The molecule has 1 aliphatic carbocycles. The van der Waals surface area contributed by atoms with Crippen molar-refractivity contribution in [3.63, 3.8) is 0 Å². The molecule has 1 aliphatic heterocycles. The zero-order valence-electron chi connectivity index (χ0n) is 26.9. The molecule has 0 radical (unpaired) electrons. The van der Waals surface area contributed by atoms with E-state index in [4.69, 9.17) is 21.3 Å². The van der Waals surface area contributed by atoms with E-state index in [9.17, 15) is 19.2 Å². The number of anilines is 1. The first-order valence-corrected chi connectivity index (χ1v) is 15.9. The number of rotatable bonds is 8. The number of nitrogens with zero attached hydrogens (tertiary/aromatic N) is 3. The Labute approximate surface area is 276 Å². The quantitative estimate of drug-likeness (QED) is 0.259. The molecule has 1 fully saturated rings. The third kappa shape index (κ3) is 5.96. The van der Waals surface area contributed by atoms with E-state index in [-0.39, 0.29) is 23.6 Å². The summed E-state index contributed by atoms with van der Waals surface area (Å²) in [6.07, 6.45) is 3.47. The van der Waals surface area contributed by atoms with Crippen LogP contribution in [0.2, 0.25) is 5.02 Å². The molecule has 0 unspecified atom stereocenters. The number of nitrogens with one attached hydrogen (secondary N) is 3. The van der Waals surface area contributed by atoms with Gasteiger partial charge in [0.2, 0.25) is 11.8 Å². The van der Waals surface area contributed by atoms with E-state index in [0.29, 0.717) is 41.2 Å². The van der Waals surface area contributed by atoms with E-state index in [1.807, 2.05) is 37.3 Å². The molecule has 6 rings (SSSR count). The van der Waals surface area contributed by atoms with Crippen LogP contribution in [0, 0.1) is 12.8 Å². The van der Waals surface area contributed by atoms with E-state index < -0.39 is 17.2 Å². The summed E-state index contributed by atoms with van der Waals surface area (Å²) >= 11 is 7.12. The van der Waals surface area contributed by atoms with E-state index in [0.717, 1.165) is 50.8 Å². The van der Waals surface area contributed by atoms with Gasteiger partial charge in [0.15, 0.2) is 0 Å². The molecule has 3 atom stereocenters. The Morgan fingerprint density at radius 2 is 1.83 bits per heavy atom. The fraction of sp³-hybridized carbons (Fsp3) is 0.343. The maximum absolute atomic E-state index is 13.2. The van der Waals surface area contributed by atoms with Gasteiger partial charge in [-0.25, -0.2) is 9.78 Å². The molecule has 0 saturated carbocycles. The van der Waals surface area contributed by atoms with Gasteiger partial charge in [-0.2, -0.15) is 0 Å². The number of hydrogen-bond acceptors (Lipinski definition) is 7. The van der Waals surface area contributed by atoms with Crippen LogP contribution < -0.4 is 31.9 Å². The van der Waals surface area contributed by atoms with Crippen LogP contribution in [0.25, 0.3) is 22.4 Å². The molecule has 4 aromatic rings. The summed E-state index contributed by atoms with van der Waals surface area (Å²) in [4.78, 5) is 54.5. The number of pyridine rings is 1. The van der Waals surface area contributed by atoms with Crippen molar-refractivity contribution in [2.75, 3.05) is 19.0 Å². The fourth-order valence-electron chi connectivity index (χ4n) is 6.68. The number of carbonyl (C=O) groups excluding carboxylic acids is 2. The van der Waals surface area contributed by atoms with E-state index in [1.54, 1.807) is 13.2 Å². The number of amides is 2. The van der Waals surface area contributed by atoms with Crippen molar-refractivity contribution in [2.24, 2.45) is 20.0 Å². The minimum Gasteiger partial charge on any atom is -0.481 e. The van der Waals surface area contributed by atoms with Crippen molar-refractivity contribution in [2.45, 2.75) is 45.2 Å². The van der Waals surface area contributed by atoms with Gasteiger partial charge in [-0.3, -0.25) is 19.0 Å². The predicted molar refractivity (Wildman–Crippen MR) is 181 cm³/mol. The summed E-state index contributed by atoms with van der Waals surface area (Å²) in [6, 6.07) is 13.5. The zero-order valence-corrected chi connectivity index (χ0v) is 27.7. The molecule has 0 bridgehead atoms. The summed E-state index contributed by atoms with van der Waals surface area (Å²) in [7, 11) is 4.44. The predicted octanol–water partition coefficient (Wildman–Crippen LogP) is 4.14. The molecule has 11 nitrogen and oxygen atoms in total. The number of hydrogen-bond donors (Lipinski definition) is 3. The molecule has 3 heterocycles. The van der Waals surface area contributed by atoms with Crippen molar-refractivity contribution in [3.05, 3.63) is 96.8 Å². The van der Waals surface area contributed by atoms with Crippen LogP contribution in [0.3, 0.4) is 0 Å². The van der Waals surface area contributed by atoms with Gasteiger partial charge in [0.1, 0.15) is 5.56 Å². The second-order valence-electron chi connectivity index (χ2n) is 12.4. The Morgan fingerprint density at radius 1 is 1.11 bits per heavy atom. The molecule has 0 spiro atoms. The van der Waals surface area contributed by atoms with Gasteiger partial charge >= 0.3 is 5.69 Å². The lowest BCUT2D eigenvalue weighted by Gasteiger charge is -2.22. The van der Waals surface area contributed by atoms with E-state index in [1.165, 1.54) is 24.9 Å². The van der Waals surface area contributed by atoms with Crippen LogP contribution in [0.1, 0.15) is 52.9 Å². The first-order valence-electron chi connectivity index (χ1n) is 15.6. The SMILES string of the molecule is COc1nc(-c2cccc(-c3cccc(NC(=O)c4cn(C)c(=O)n(C)c4=O)c3C)c2Cl)cc2c1[C@@H](NC[C@@H]1CCC(=O)N1)[C@H](C)C2. The molecule has 2 aromatic carbocycles. The highest BCUT2D eigenvalue weighted by atomic mass is 35.5. The van der Waals surface area contributed by atoms with Crippen molar-refractivity contribution in [3.8, 4) is 28.3 Å². The van der Waals surface area contributed by atoms with Gasteiger partial charge in [0, 0.05) is 67.7 Å². The first-order chi connectivity index (χ1) is 22.5. The van der Waals surface area contributed by atoms with Crippen LogP contribution in [0.4, 0.5) is 5.69 Å². The van der Waals surface area contributed by atoms with Crippen LogP contribution in [-0.2, 0) is 25.3 Å². The van der Waals surface area contributed by atoms with Crippen LogP contribution in [-0.4, -0.2) is 45.6 Å². The van der Waals surface area contributed by atoms with Gasteiger partial charge < -0.3 is 25.3 Å².